The van der Waals surface area contributed by atoms with Crippen LogP contribution in [-0.2, 0) is 28.1 Å². The molecule has 0 saturated heterocycles. The molecule has 0 aliphatic heterocycles. The van der Waals surface area contributed by atoms with E-state index < -0.39 is 0 Å². The number of hydrogen-bond donors (Lipinski definition) is 0. The molecule has 2 aromatic carbocycles. The van der Waals surface area contributed by atoms with E-state index in [-0.39, 0.29) is 21.7 Å². The molecule has 2 aliphatic carbocycles. The van der Waals surface area contributed by atoms with Gasteiger partial charge in [0.2, 0.25) is 0 Å². The van der Waals surface area contributed by atoms with E-state index in [1.807, 2.05) is 0 Å². The summed E-state index contributed by atoms with van der Waals surface area (Å²) in [6, 6.07) is 9.09. The maximum Gasteiger partial charge on any atom is 0 e. The first-order valence-corrected chi connectivity index (χ1v) is 6.45. The van der Waals surface area contributed by atoms with Crippen molar-refractivity contribution in [1.82, 2.24) is 0 Å². The molecule has 0 fully saturated rings. The van der Waals surface area contributed by atoms with Crippen LogP contribution in [0.1, 0.15) is 18.1 Å². The van der Waals surface area contributed by atoms with Crippen LogP contribution in [0.4, 0.5) is 0 Å². The van der Waals surface area contributed by atoms with Crippen LogP contribution in [0.2, 0.25) is 0 Å². The van der Waals surface area contributed by atoms with Crippen molar-refractivity contribution in [2.75, 3.05) is 0 Å². The van der Waals surface area contributed by atoms with Crippen LogP contribution in [0.25, 0.3) is 28.5 Å². The van der Waals surface area contributed by atoms with Crippen LogP contribution in [0.15, 0.2) is 42.5 Å². The second kappa shape index (κ2) is 4.63. The summed E-state index contributed by atoms with van der Waals surface area (Å²) in [7, 11) is 0. The predicted octanol–water partition coefficient (Wildman–Crippen LogP) is 2.93. The fourth-order valence-electron chi connectivity index (χ4n) is 3.10. The molecule has 1 heteroatoms. The van der Waals surface area contributed by atoms with Gasteiger partial charge in [-0.3, -0.25) is 0 Å². The summed E-state index contributed by atoms with van der Waals surface area (Å²) in [4.78, 5) is 0. The van der Waals surface area contributed by atoms with Gasteiger partial charge in [0.15, 0.2) is 0 Å². The topological polar surface area (TPSA) is 0 Å². The zero-order valence-electron chi connectivity index (χ0n) is 10.9. The molecular formula is C18H14Ti. The minimum atomic E-state index is 0. The summed E-state index contributed by atoms with van der Waals surface area (Å²) in [5.41, 5.74) is 4.17. The summed E-state index contributed by atoms with van der Waals surface area (Å²) in [6.45, 7) is 2.20. The molecule has 0 aromatic heterocycles. The van der Waals surface area contributed by atoms with Crippen LogP contribution in [0, 0.1) is 0 Å². The van der Waals surface area contributed by atoms with Crippen LogP contribution < -0.4 is 10.4 Å². The largest absolute Gasteiger partial charge is 0.0801 e. The van der Waals surface area contributed by atoms with Crippen molar-refractivity contribution in [1.29, 1.82) is 0 Å². The monoisotopic (exact) mass is 278 g/mol. The second-order valence-corrected chi connectivity index (χ2v) is 5.08. The van der Waals surface area contributed by atoms with Crippen molar-refractivity contribution < 1.29 is 21.7 Å². The van der Waals surface area contributed by atoms with Gasteiger partial charge in [-0.15, -0.1) is 0 Å². The molecule has 0 nitrogen and oxygen atoms in total. The fourth-order valence-corrected chi connectivity index (χ4v) is 3.10. The second-order valence-electron chi connectivity index (χ2n) is 5.08. The minimum Gasteiger partial charge on any atom is -0.0801 e. The molecular weight excluding hydrogens is 264 g/mol. The molecule has 0 amide bonds. The Morgan fingerprint density at radius 2 is 1.79 bits per heavy atom. The molecule has 0 atom stereocenters. The van der Waals surface area contributed by atoms with Gasteiger partial charge in [-0.1, -0.05) is 54.6 Å². The number of fused-ring (bicyclic) bond motifs is 5. The summed E-state index contributed by atoms with van der Waals surface area (Å²) in [5, 5.41) is 5.59. The van der Waals surface area contributed by atoms with E-state index in [4.69, 9.17) is 0 Å². The Balaban J connectivity index is 0.00000110. The Hall–Kier alpha value is -1.37. The van der Waals surface area contributed by atoms with Gasteiger partial charge in [-0.05, 0) is 51.3 Å². The van der Waals surface area contributed by atoms with Crippen molar-refractivity contribution in [3.8, 4) is 0 Å². The SMILES string of the molecule is CC1=c2c(ccc3c4c(ccc23)CC=CC=4)C=C1.[Ti]. The van der Waals surface area contributed by atoms with E-state index in [1.54, 1.807) is 0 Å². The van der Waals surface area contributed by atoms with E-state index in [0.717, 1.165) is 6.42 Å². The third kappa shape index (κ3) is 1.79. The van der Waals surface area contributed by atoms with Crippen molar-refractivity contribution in [2.45, 2.75) is 13.3 Å². The van der Waals surface area contributed by atoms with Crippen LogP contribution in [0.3, 0.4) is 0 Å². The first-order valence-electron chi connectivity index (χ1n) is 6.45. The molecule has 0 spiro atoms. The predicted molar refractivity (Wildman–Crippen MR) is 78.6 cm³/mol. The third-order valence-corrected chi connectivity index (χ3v) is 4.01. The summed E-state index contributed by atoms with van der Waals surface area (Å²) in [6.07, 6.45) is 12.1. The molecule has 90 valence electrons. The van der Waals surface area contributed by atoms with Crippen molar-refractivity contribution in [3.05, 3.63) is 64.1 Å². The number of benzene rings is 2. The molecule has 0 saturated carbocycles. The smallest absolute Gasteiger partial charge is 0 e. The molecule has 0 bridgehead atoms. The number of hydrogen-bond acceptors (Lipinski definition) is 0. The molecule has 0 N–H and O–H groups in total. The normalized spacial score (nSPS) is 14.9. The quantitative estimate of drug-likeness (QED) is 0.650. The standard InChI is InChI=1S/C18H14.Ti/c1-12-6-7-14-9-10-16-15-5-3-2-4-13(15)8-11-17(16)18(12)14;/h2-3,5-11H,4H2,1H3;. The van der Waals surface area contributed by atoms with Crippen LogP contribution in [-0.4, -0.2) is 0 Å². The van der Waals surface area contributed by atoms with E-state index in [0.29, 0.717) is 0 Å². The van der Waals surface area contributed by atoms with E-state index in [2.05, 4.69) is 61.6 Å². The number of rotatable bonds is 0. The van der Waals surface area contributed by atoms with Crippen molar-refractivity contribution >= 4 is 28.5 Å². The maximum absolute atomic E-state index is 2.29. The van der Waals surface area contributed by atoms with Gasteiger partial charge in [0, 0.05) is 21.7 Å². The first-order chi connectivity index (χ1) is 8.84. The van der Waals surface area contributed by atoms with Gasteiger partial charge in [-0.25, -0.2) is 0 Å². The van der Waals surface area contributed by atoms with Gasteiger partial charge in [-0.2, -0.15) is 0 Å². The van der Waals surface area contributed by atoms with Crippen LogP contribution in [0.5, 0.6) is 0 Å². The van der Waals surface area contributed by atoms with Gasteiger partial charge >= 0.3 is 0 Å². The number of allylic oxidation sites excluding steroid dienone is 3. The molecule has 0 unspecified atom stereocenters. The summed E-state index contributed by atoms with van der Waals surface area (Å²) in [5.74, 6) is 0. The summed E-state index contributed by atoms with van der Waals surface area (Å²) >= 11 is 0. The molecule has 19 heavy (non-hydrogen) atoms. The van der Waals surface area contributed by atoms with Gasteiger partial charge in [0.05, 0.1) is 0 Å². The average Bonchev–Trinajstić information content (AvgIpc) is 2.80. The van der Waals surface area contributed by atoms with Crippen molar-refractivity contribution in [3.63, 3.8) is 0 Å². The van der Waals surface area contributed by atoms with E-state index >= 15 is 0 Å². The third-order valence-electron chi connectivity index (χ3n) is 4.01. The van der Waals surface area contributed by atoms with E-state index in [1.165, 1.54) is 37.9 Å². The molecule has 0 radical (unpaired) electrons. The van der Waals surface area contributed by atoms with Gasteiger partial charge in [0.1, 0.15) is 0 Å². The Morgan fingerprint density at radius 1 is 0.947 bits per heavy atom. The summed E-state index contributed by atoms with van der Waals surface area (Å²) < 4.78 is 0. The average molecular weight is 278 g/mol. The molecule has 4 rings (SSSR count). The Kier molecular flexibility index (Phi) is 3.08. The minimum absolute atomic E-state index is 0. The van der Waals surface area contributed by atoms with E-state index in [9.17, 15) is 0 Å². The fraction of sp³-hybridized carbons (Fsp3) is 0.111. The first kappa shape index (κ1) is 12.7. The Bertz CT molecular complexity index is 851. The molecule has 0 heterocycles. The maximum atomic E-state index is 2.29. The molecule has 2 aliphatic rings. The van der Waals surface area contributed by atoms with Gasteiger partial charge < -0.3 is 0 Å². The molecule has 2 aromatic rings. The Labute approximate surface area is 127 Å². The zero-order chi connectivity index (χ0) is 12.1. The zero-order valence-corrected chi connectivity index (χ0v) is 12.5. The van der Waals surface area contributed by atoms with Gasteiger partial charge in [0.25, 0.3) is 0 Å². The Morgan fingerprint density at radius 3 is 2.68 bits per heavy atom. The van der Waals surface area contributed by atoms with Crippen LogP contribution >= 0.6 is 0 Å². The van der Waals surface area contributed by atoms with Crippen molar-refractivity contribution in [2.24, 2.45) is 0 Å².